The molecule has 0 aliphatic carbocycles. The number of imidazole rings is 1. The van der Waals surface area contributed by atoms with E-state index in [0.29, 0.717) is 12.5 Å². The second kappa shape index (κ2) is 8.88. The number of thiazole rings is 1. The van der Waals surface area contributed by atoms with Gasteiger partial charge in [-0.1, -0.05) is 30.3 Å². The maximum atomic E-state index is 6.23. The van der Waals surface area contributed by atoms with E-state index >= 15 is 0 Å². The Labute approximate surface area is 169 Å². The van der Waals surface area contributed by atoms with Crippen LogP contribution in [0.25, 0.3) is 0 Å². The van der Waals surface area contributed by atoms with Crippen molar-refractivity contribution in [2.75, 3.05) is 37.6 Å². The monoisotopic (exact) mass is 395 g/mol. The highest BCUT2D eigenvalue weighted by molar-refractivity contribution is 7.13. The van der Waals surface area contributed by atoms with Crippen LogP contribution in [0.4, 0.5) is 5.13 Å². The molecule has 0 bridgehead atoms. The van der Waals surface area contributed by atoms with E-state index in [1.165, 1.54) is 5.56 Å². The highest BCUT2D eigenvalue weighted by Gasteiger charge is 2.19. The van der Waals surface area contributed by atoms with Crippen molar-refractivity contribution in [3.05, 3.63) is 65.7 Å². The van der Waals surface area contributed by atoms with Crippen LogP contribution in [0.3, 0.4) is 0 Å². The number of hydrogen-bond donors (Lipinski definition) is 1. The lowest BCUT2D eigenvalue weighted by molar-refractivity contribution is 0.380. The lowest BCUT2D eigenvalue weighted by Crippen LogP contribution is -2.51. The first-order chi connectivity index (χ1) is 13.8. The Kier molecular flexibility index (Phi) is 5.86. The molecule has 146 valence electrons. The Balaban J connectivity index is 1.28. The molecular formula is C20H25N7S. The number of nitrogens with zero attached hydrogens (tertiary/aromatic N) is 6. The quantitative estimate of drug-likeness (QED) is 0.511. The van der Waals surface area contributed by atoms with Crippen molar-refractivity contribution in [3.63, 3.8) is 0 Å². The lowest BCUT2D eigenvalue weighted by atomic mass is 10.2. The van der Waals surface area contributed by atoms with Gasteiger partial charge in [-0.2, -0.15) is 0 Å². The van der Waals surface area contributed by atoms with Crippen LogP contribution in [-0.2, 0) is 13.0 Å². The number of nitrogens with two attached hydrogens (primary N) is 1. The Bertz CT molecular complexity index is 880. The Hall–Kier alpha value is -2.87. The van der Waals surface area contributed by atoms with Crippen molar-refractivity contribution in [2.45, 2.75) is 13.0 Å². The second-order valence-corrected chi connectivity index (χ2v) is 7.61. The van der Waals surface area contributed by atoms with E-state index in [-0.39, 0.29) is 0 Å². The van der Waals surface area contributed by atoms with Crippen LogP contribution in [0.1, 0.15) is 11.4 Å². The molecule has 8 heteroatoms. The van der Waals surface area contributed by atoms with Crippen LogP contribution in [0, 0.1) is 0 Å². The van der Waals surface area contributed by atoms with E-state index in [4.69, 9.17) is 5.73 Å². The summed E-state index contributed by atoms with van der Waals surface area (Å²) in [7, 11) is 0. The third-order valence-corrected chi connectivity index (χ3v) is 5.73. The molecule has 0 radical (unpaired) electrons. The molecule has 1 aliphatic rings. The topological polar surface area (TPSA) is 75.6 Å². The fourth-order valence-electron chi connectivity index (χ4n) is 3.36. The Morgan fingerprint density at radius 1 is 1.07 bits per heavy atom. The molecule has 7 nitrogen and oxygen atoms in total. The lowest BCUT2D eigenvalue weighted by Gasteiger charge is -2.35. The molecule has 1 fully saturated rings. The van der Waals surface area contributed by atoms with Gasteiger partial charge in [-0.15, -0.1) is 11.3 Å². The molecule has 28 heavy (non-hydrogen) atoms. The number of benzene rings is 1. The fraction of sp³-hybridized carbons (Fsp3) is 0.350. The zero-order chi connectivity index (χ0) is 19.2. The van der Waals surface area contributed by atoms with Crippen molar-refractivity contribution >= 4 is 22.4 Å². The number of rotatable bonds is 6. The van der Waals surface area contributed by atoms with Gasteiger partial charge in [-0.05, 0) is 5.56 Å². The fourth-order valence-corrected chi connectivity index (χ4v) is 4.06. The molecular weight excluding hydrogens is 370 g/mol. The molecule has 1 aliphatic heterocycles. The van der Waals surface area contributed by atoms with Gasteiger partial charge < -0.3 is 20.1 Å². The van der Waals surface area contributed by atoms with Gasteiger partial charge in [0, 0.05) is 69.7 Å². The van der Waals surface area contributed by atoms with E-state index in [0.717, 1.165) is 50.1 Å². The summed E-state index contributed by atoms with van der Waals surface area (Å²) in [5, 5.41) is 3.10. The SMILES string of the molecule is NC(=NCCc1nccn1Cc1ccccc1)N1CCN(c2nccs2)CC1. The first-order valence-corrected chi connectivity index (χ1v) is 10.4. The van der Waals surface area contributed by atoms with Gasteiger partial charge in [-0.25, -0.2) is 9.97 Å². The number of aliphatic imine (C=N–C) groups is 1. The zero-order valence-electron chi connectivity index (χ0n) is 15.8. The largest absolute Gasteiger partial charge is 0.370 e. The van der Waals surface area contributed by atoms with Gasteiger partial charge in [0.15, 0.2) is 11.1 Å². The molecule has 3 heterocycles. The first kappa shape index (κ1) is 18.5. The summed E-state index contributed by atoms with van der Waals surface area (Å²) >= 11 is 1.68. The van der Waals surface area contributed by atoms with E-state index in [1.54, 1.807) is 11.3 Å². The second-order valence-electron chi connectivity index (χ2n) is 6.74. The summed E-state index contributed by atoms with van der Waals surface area (Å²) in [6, 6.07) is 10.4. The van der Waals surface area contributed by atoms with Crippen LogP contribution in [0.5, 0.6) is 0 Å². The summed E-state index contributed by atoms with van der Waals surface area (Å²) in [5.74, 6) is 1.66. The van der Waals surface area contributed by atoms with Crippen LogP contribution in [0.15, 0.2) is 59.3 Å². The molecule has 2 N–H and O–H groups in total. The standard InChI is InChI=1S/C20H25N7S/c21-19(25-11-13-26(14-12-25)20-24-9-15-28-20)23-7-6-18-22-8-10-27(18)16-17-4-2-1-3-5-17/h1-5,8-10,15H,6-7,11-14,16H2,(H2,21,23). The molecule has 0 saturated carbocycles. The molecule has 3 aromatic rings. The normalized spacial score (nSPS) is 15.2. The van der Waals surface area contributed by atoms with Gasteiger partial charge in [0.25, 0.3) is 0 Å². The summed E-state index contributed by atoms with van der Waals surface area (Å²) in [6.45, 7) is 5.06. The molecule has 0 atom stereocenters. The number of piperazine rings is 1. The zero-order valence-corrected chi connectivity index (χ0v) is 16.6. The third kappa shape index (κ3) is 4.51. The average molecular weight is 396 g/mol. The van der Waals surface area contributed by atoms with Crippen LogP contribution in [0.2, 0.25) is 0 Å². The van der Waals surface area contributed by atoms with Crippen molar-refractivity contribution in [1.29, 1.82) is 0 Å². The van der Waals surface area contributed by atoms with E-state index < -0.39 is 0 Å². The minimum Gasteiger partial charge on any atom is -0.370 e. The number of aromatic nitrogens is 3. The number of guanidine groups is 1. The molecule has 0 amide bonds. The van der Waals surface area contributed by atoms with E-state index in [9.17, 15) is 0 Å². The van der Waals surface area contributed by atoms with E-state index in [1.807, 2.05) is 30.0 Å². The summed E-state index contributed by atoms with van der Waals surface area (Å²) in [5.41, 5.74) is 7.50. The molecule has 1 saturated heterocycles. The van der Waals surface area contributed by atoms with Crippen molar-refractivity contribution in [3.8, 4) is 0 Å². The van der Waals surface area contributed by atoms with Crippen LogP contribution < -0.4 is 10.6 Å². The molecule has 4 rings (SSSR count). The van der Waals surface area contributed by atoms with Crippen LogP contribution in [-0.4, -0.2) is 58.1 Å². The van der Waals surface area contributed by atoms with Crippen molar-refractivity contribution in [1.82, 2.24) is 19.4 Å². The highest BCUT2D eigenvalue weighted by Crippen LogP contribution is 2.18. The number of hydrogen-bond acceptors (Lipinski definition) is 5. The molecule has 0 unspecified atom stereocenters. The third-order valence-electron chi connectivity index (χ3n) is 4.90. The maximum absolute atomic E-state index is 6.23. The highest BCUT2D eigenvalue weighted by atomic mass is 32.1. The van der Waals surface area contributed by atoms with Crippen LogP contribution >= 0.6 is 11.3 Å². The maximum Gasteiger partial charge on any atom is 0.191 e. The van der Waals surface area contributed by atoms with Crippen molar-refractivity contribution in [2.24, 2.45) is 10.7 Å². The van der Waals surface area contributed by atoms with Gasteiger partial charge >= 0.3 is 0 Å². The van der Waals surface area contributed by atoms with Gasteiger partial charge in [0.05, 0.1) is 0 Å². The Morgan fingerprint density at radius 3 is 2.64 bits per heavy atom. The minimum atomic E-state index is 0.625. The molecule has 2 aromatic heterocycles. The smallest absolute Gasteiger partial charge is 0.191 e. The number of anilines is 1. The first-order valence-electron chi connectivity index (χ1n) is 9.53. The summed E-state index contributed by atoms with van der Waals surface area (Å²) in [4.78, 5) is 17.9. The Morgan fingerprint density at radius 2 is 1.89 bits per heavy atom. The summed E-state index contributed by atoms with van der Waals surface area (Å²) in [6.07, 6.45) is 6.50. The molecule has 0 spiro atoms. The van der Waals surface area contributed by atoms with E-state index in [2.05, 4.69) is 53.6 Å². The predicted octanol–water partition coefficient (Wildman–Crippen LogP) is 2.07. The van der Waals surface area contributed by atoms with Crippen molar-refractivity contribution < 1.29 is 0 Å². The molecule has 1 aromatic carbocycles. The van der Waals surface area contributed by atoms with Gasteiger partial charge in [-0.3, -0.25) is 4.99 Å². The van der Waals surface area contributed by atoms with Gasteiger partial charge in [0.1, 0.15) is 5.82 Å². The summed E-state index contributed by atoms with van der Waals surface area (Å²) < 4.78 is 2.17. The average Bonchev–Trinajstić information content (AvgIpc) is 3.42. The predicted molar refractivity (Wildman–Crippen MR) is 114 cm³/mol. The minimum absolute atomic E-state index is 0.625. The van der Waals surface area contributed by atoms with Gasteiger partial charge in [0.2, 0.25) is 0 Å².